The van der Waals surface area contributed by atoms with Gasteiger partial charge < -0.3 is 124 Å². The standard InChI is InChI=1S/C57H90O27/c1-22-32(63)42(81-46-38(69)34(65)27(61)20-76-46)40(71)48(78-22)82-43-35(66)28(62)21-77-49(43)84-51(74)57-14-12-52(2,3)16-24(57)23-8-9-30-53(4)17-25(59)44(56(7,50(72)73)31(53)10-11-55(30,6)54(23,5)13-15-57)83-47-39(70)36(67)41(29(18-58)79-47)80-45-37(68)33(64)26(60)19-75-45/h8,22,24-49,58-71H,9-21H2,1-7H3,(H,72,73)/t22-,24-,25-,26+,27+,28-,29+,30+,31+,32-,33-,34-,35-,36+,37+,38+,39+,40+,41+,42+,43+,44-,45-,46-,47-,48-,49-,53+,54+,55+,56-,57-/m0/s1. The number of esters is 1. The SMILES string of the molecule is C[C@@H]1O[C@@H](O[C@H]2[C@H](OC(=O)[C@]34CCC(C)(C)C[C@H]3C3=CC[C@@H]5[C@@]6(C)C[C@H](O)[C@H](O[C@@H]7O[C@H](CO)[C@@H](O[C@@H]8OC[C@@H](O)[C@H](O)[C@H]8O)[C@H](O)[C@H]7O)[C@@](C)(C(=O)O)[C@@H]6CC[C@@]5(C)[C@]3(C)CC4)OC[C@H](O)[C@@H]2O)[C@H](O)[C@H](O[C@@H]2OC[C@@H](O)[C@H](O)[C@H]2O)[C@H]1O. The molecule has 27 nitrogen and oxygen atoms in total. The van der Waals surface area contributed by atoms with Gasteiger partial charge in [-0.15, -0.1) is 0 Å². The van der Waals surface area contributed by atoms with Gasteiger partial charge in [-0.2, -0.15) is 0 Å². The first-order valence-corrected chi connectivity index (χ1v) is 29.7. The van der Waals surface area contributed by atoms with E-state index in [1.54, 1.807) is 0 Å². The summed E-state index contributed by atoms with van der Waals surface area (Å²) in [6.07, 6.45) is -32.9. The molecular formula is C57H90O27. The number of aliphatic hydroxyl groups is 14. The number of carboxylic acids is 1. The van der Waals surface area contributed by atoms with Crippen molar-refractivity contribution in [2.45, 2.75) is 254 Å². The number of fused-ring (bicyclic) bond motifs is 7. The Morgan fingerprint density at radius 1 is 0.560 bits per heavy atom. The predicted molar refractivity (Wildman–Crippen MR) is 279 cm³/mol. The van der Waals surface area contributed by atoms with Crippen LogP contribution in [0.15, 0.2) is 11.6 Å². The highest BCUT2D eigenvalue weighted by Crippen LogP contribution is 2.76. The molecule has 0 bridgehead atoms. The first kappa shape index (κ1) is 64.7. The maximum absolute atomic E-state index is 15.4. The molecule has 0 spiro atoms. The van der Waals surface area contributed by atoms with Gasteiger partial charge in [-0.05, 0) is 111 Å². The summed E-state index contributed by atoms with van der Waals surface area (Å²) in [6, 6.07) is 0. The number of rotatable bonds is 12. The van der Waals surface area contributed by atoms with E-state index in [-0.39, 0.29) is 23.7 Å². The van der Waals surface area contributed by atoms with Crippen LogP contribution in [0, 0.1) is 50.2 Å². The number of allylic oxidation sites excluding steroid dienone is 2. The van der Waals surface area contributed by atoms with Gasteiger partial charge in [0.2, 0.25) is 6.29 Å². The predicted octanol–water partition coefficient (Wildman–Crippen LogP) is -3.23. The van der Waals surface area contributed by atoms with Crippen molar-refractivity contribution in [3.8, 4) is 0 Å². The number of hydrogen-bond donors (Lipinski definition) is 15. The molecule has 5 heterocycles. The number of ether oxygens (including phenoxy) is 10. The molecule has 0 aromatic carbocycles. The summed E-state index contributed by atoms with van der Waals surface area (Å²) < 4.78 is 58.7. The highest BCUT2D eigenvalue weighted by atomic mass is 16.8. The highest BCUT2D eigenvalue weighted by molar-refractivity contribution is 5.79. The molecule has 10 rings (SSSR count). The Kier molecular flexibility index (Phi) is 18.1. The summed E-state index contributed by atoms with van der Waals surface area (Å²) in [4.78, 5) is 29.3. The van der Waals surface area contributed by atoms with Crippen molar-refractivity contribution >= 4 is 11.9 Å². The highest BCUT2D eigenvalue weighted by Gasteiger charge is 2.73. The monoisotopic (exact) mass is 1210 g/mol. The number of aliphatic hydroxyl groups excluding tert-OH is 14. The zero-order valence-electron chi connectivity index (χ0n) is 48.5. The van der Waals surface area contributed by atoms with Crippen LogP contribution in [0.1, 0.15) is 106 Å². The largest absolute Gasteiger partial charge is 0.481 e. The molecule has 5 aliphatic heterocycles. The Bertz CT molecular complexity index is 2400. The van der Waals surface area contributed by atoms with Gasteiger partial charge in [0.15, 0.2) is 31.3 Å². The lowest BCUT2D eigenvalue weighted by Gasteiger charge is -2.71. The van der Waals surface area contributed by atoms with E-state index in [9.17, 15) is 81.4 Å². The summed E-state index contributed by atoms with van der Waals surface area (Å²) in [5.41, 5.74) is -4.08. The number of carbonyl (C=O) groups is 2. The summed E-state index contributed by atoms with van der Waals surface area (Å²) in [5, 5.41) is 164. The minimum Gasteiger partial charge on any atom is -0.481 e. The van der Waals surface area contributed by atoms with E-state index >= 15 is 4.79 Å². The second-order valence-corrected chi connectivity index (χ2v) is 27.7. The zero-order chi connectivity index (χ0) is 61.3. The Morgan fingerprint density at radius 2 is 1.11 bits per heavy atom. The van der Waals surface area contributed by atoms with Gasteiger partial charge in [0, 0.05) is 0 Å². The molecule has 27 heteroatoms. The van der Waals surface area contributed by atoms with Gasteiger partial charge in [0.1, 0.15) is 97.7 Å². The van der Waals surface area contributed by atoms with Crippen molar-refractivity contribution in [1.29, 1.82) is 0 Å². The lowest BCUT2D eigenvalue weighted by atomic mass is 9.33. The zero-order valence-corrected chi connectivity index (χ0v) is 48.5. The van der Waals surface area contributed by atoms with Crippen molar-refractivity contribution < 1.29 is 134 Å². The second-order valence-electron chi connectivity index (χ2n) is 27.7. The lowest BCUT2D eigenvalue weighted by molar-refractivity contribution is -0.370. The molecule has 480 valence electrons. The van der Waals surface area contributed by atoms with Crippen molar-refractivity contribution in [1.82, 2.24) is 0 Å². The molecule has 5 aliphatic carbocycles. The molecule has 10 aliphatic rings. The third kappa shape index (κ3) is 10.5. The fraction of sp³-hybridized carbons (Fsp3) is 0.930. The lowest BCUT2D eigenvalue weighted by Crippen LogP contribution is -2.70. The van der Waals surface area contributed by atoms with Crippen LogP contribution in [0.2, 0.25) is 0 Å². The molecule has 9 fully saturated rings. The topological polar surface area (TPSA) is 430 Å². The van der Waals surface area contributed by atoms with E-state index in [1.165, 1.54) is 13.8 Å². The third-order valence-electron chi connectivity index (χ3n) is 22.4. The number of hydrogen-bond acceptors (Lipinski definition) is 26. The molecule has 4 saturated carbocycles. The molecule has 32 atom stereocenters. The first-order valence-electron chi connectivity index (χ1n) is 29.7. The normalized spacial score (nSPS) is 54.8. The summed E-state index contributed by atoms with van der Waals surface area (Å²) in [7, 11) is 0. The van der Waals surface area contributed by atoms with Crippen LogP contribution in [-0.2, 0) is 57.0 Å². The Morgan fingerprint density at radius 3 is 1.71 bits per heavy atom. The number of aliphatic carboxylic acids is 1. The van der Waals surface area contributed by atoms with Crippen LogP contribution < -0.4 is 0 Å². The average Bonchev–Trinajstić information content (AvgIpc) is 0.820. The maximum atomic E-state index is 15.4. The van der Waals surface area contributed by atoms with E-state index in [2.05, 4.69) is 33.8 Å². The molecule has 84 heavy (non-hydrogen) atoms. The van der Waals surface area contributed by atoms with Crippen LogP contribution in [0.4, 0.5) is 0 Å². The summed E-state index contributed by atoms with van der Waals surface area (Å²) in [6.45, 7) is 11.6. The molecule has 0 unspecified atom stereocenters. The maximum Gasteiger partial charge on any atom is 0.315 e. The van der Waals surface area contributed by atoms with E-state index in [4.69, 9.17) is 47.4 Å². The fourth-order valence-electron chi connectivity index (χ4n) is 17.2. The van der Waals surface area contributed by atoms with E-state index in [0.29, 0.717) is 51.4 Å². The number of carbonyl (C=O) groups excluding carboxylic acids is 1. The van der Waals surface area contributed by atoms with Gasteiger partial charge in [-0.25, -0.2) is 0 Å². The van der Waals surface area contributed by atoms with Gasteiger partial charge in [0.05, 0.1) is 49.5 Å². The minimum absolute atomic E-state index is 0.0670. The minimum atomic E-state index is -1.94. The fourth-order valence-corrected chi connectivity index (χ4v) is 17.2. The molecule has 0 aromatic rings. The van der Waals surface area contributed by atoms with Crippen molar-refractivity contribution in [3.63, 3.8) is 0 Å². The molecular weight excluding hydrogens is 1120 g/mol. The first-order chi connectivity index (χ1) is 39.3. The van der Waals surface area contributed by atoms with E-state index in [0.717, 1.165) is 5.57 Å². The van der Waals surface area contributed by atoms with Gasteiger partial charge in [-0.3, -0.25) is 9.59 Å². The molecule has 0 amide bonds. The Hall–Kier alpha value is -2.24. The van der Waals surface area contributed by atoms with E-state index in [1.807, 2.05) is 6.92 Å². The van der Waals surface area contributed by atoms with Crippen LogP contribution in [0.25, 0.3) is 0 Å². The van der Waals surface area contributed by atoms with Crippen LogP contribution >= 0.6 is 0 Å². The van der Waals surface area contributed by atoms with Crippen LogP contribution in [-0.4, -0.2) is 262 Å². The average molecular weight is 1210 g/mol. The number of carboxylic acid groups (broad SMARTS) is 1. The molecule has 15 N–H and O–H groups in total. The second kappa shape index (κ2) is 23.5. The summed E-state index contributed by atoms with van der Waals surface area (Å²) in [5.74, 6) is -3.12. The van der Waals surface area contributed by atoms with Gasteiger partial charge in [-0.1, -0.05) is 46.3 Å². The van der Waals surface area contributed by atoms with Gasteiger partial charge >= 0.3 is 11.9 Å². The van der Waals surface area contributed by atoms with Crippen molar-refractivity contribution in [2.24, 2.45) is 50.2 Å². The van der Waals surface area contributed by atoms with E-state index < -0.39 is 219 Å². The van der Waals surface area contributed by atoms with Crippen LogP contribution in [0.5, 0.6) is 0 Å². The van der Waals surface area contributed by atoms with Gasteiger partial charge in [0.25, 0.3) is 0 Å². The van der Waals surface area contributed by atoms with Crippen molar-refractivity contribution in [3.05, 3.63) is 11.6 Å². The molecule has 0 radical (unpaired) electrons. The third-order valence-corrected chi connectivity index (χ3v) is 22.4. The quantitative estimate of drug-likeness (QED) is 0.0519. The van der Waals surface area contributed by atoms with Crippen LogP contribution in [0.3, 0.4) is 0 Å². The molecule has 5 saturated heterocycles. The Balaban J connectivity index is 0.878. The Labute approximate surface area is 486 Å². The smallest absolute Gasteiger partial charge is 0.315 e. The van der Waals surface area contributed by atoms with Crippen molar-refractivity contribution in [2.75, 3.05) is 26.4 Å². The molecule has 0 aromatic heterocycles. The summed E-state index contributed by atoms with van der Waals surface area (Å²) >= 11 is 0.